The number of benzene rings is 2. The van der Waals surface area contributed by atoms with Gasteiger partial charge in [-0.05, 0) is 62.6 Å². The normalized spacial score (nSPS) is 17.1. The molecule has 0 saturated carbocycles. The van der Waals surface area contributed by atoms with Crippen LogP contribution in [0.25, 0.3) is 11.1 Å². The Hall–Kier alpha value is -6.29. The fourth-order valence-corrected chi connectivity index (χ4v) is 8.69. The zero-order chi connectivity index (χ0) is 53.7. The van der Waals surface area contributed by atoms with Gasteiger partial charge in [-0.2, -0.15) is 0 Å². The van der Waals surface area contributed by atoms with Crippen LogP contribution in [0.3, 0.4) is 0 Å². The van der Waals surface area contributed by atoms with Gasteiger partial charge in [0.05, 0.1) is 19.4 Å². The SMILES string of the molecule is CCCCCCCCCCCCCCCC(=O)N(C)[C@H](CO)C(=O)N[C@H](C)C(=O)NCC(=O)N(C)[C@@H]1C(=O)N[C@@H](C)C(=O)N[C@H](C(=O)N[C@@H](C)C(=O)NS(C)(=O)=O)Cc2ccc(O)c(c2)-c2cc1ccc2O. The Balaban J connectivity index is 1.68. The number of hydrogen-bond acceptors (Lipinski definition) is 13. The van der Waals surface area contributed by atoms with Crippen LogP contribution in [0.2, 0.25) is 0 Å². The van der Waals surface area contributed by atoms with Gasteiger partial charge in [0.25, 0.3) is 5.91 Å². The molecule has 2 aromatic rings. The Morgan fingerprint density at radius 2 is 1.26 bits per heavy atom. The lowest BCUT2D eigenvalue weighted by molar-refractivity contribution is -0.142. The van der Waals surface area contributed by atoms with E-state index in [2.05, 4.69) is 33.5 Å². The first-order valence-corrected chi connectivity index (χ1v) is 26.7. The van der Waals surface area contributed by atoms with Gasteiger partial charge >= 0.3 is 0 Å². The van der Waals surface area contributed by atoms with Gasteiger partial charge in [0.2, 0.25) is 51.4 Å². The summed E-state index contributed by atoms with van der Waals surface area (Å²) >= 11 is 0. The van der Waals surface area contributed by atoms with Gasteiger partial charge in [-0.25, -0.2) is 8.42 Å². The van der Waals surface area contributed by atoms with Crippen molar-refractivity contribution in [3.63, 3.8) is 0 Å². The first-order chi connectivity index (χ1) is 34.0. The van der Waals surface area contributed by atoms with Crippen LogP contribution >= 0.6 is 0 Å². The van der Waals surface area contributed by atoms with Crippen LogP contribution < -0.4 is 31.3 Å². The number of nitrogens with zero attached hydrogens (tertiary/aromatic N) is 2. The van der Waals surface area contributed by atoms with Gasteiger partial charge in [-0.1, -0.05) is 96.1 Å². The van der Waals surface area contributed by atoms with E-state index in [-0.39, 0.29) is 46.9 Å². The number of aliphatic hydroxyl groups is 1. The predicted molar refractivity (Wildman–Crippen MR) is 269 cm³/mol. The van der Waals surface area contributed by atoms with Gasteiger partial charge in [-0.15, -0.1) is 0 Å². The van der Waals surface area contributed by atoms with Gasteiger partial charge in [0.15, 0.2) is 0 Å². The van der Waals surface area contributed by atoms with Crippen molar-refractivity contribution in [1.82, 2.24) is 41.1 Å². The average molecular weight is 1030 g/mol. The molecule has 72 heavy (non-hydrogen) atoms. The van der Waals surface area contributed by atoms with E-state index in [1.54, 1.807) is 4.72 Å². The third kappa shape index (κ3) is 19.0. The predicted octanol–water partition coefficient (Wildman–Crippen LogP) is 2.31. The molecule has 1 aliphatic rings. The molecule has 0 spiro atoms. The molecule has 2 aromatic carbocycles. The lowest BCUT2D eigenvalue weighted by atomic mass is 9.93. The minimum atomic E-state index is -3.97. The number of sulfonamides is 1. The number of fused-ring (bicyclic) bond motifs is 5. The first kappa shape index (κ1) is 60.0. The summed E-state index contributed by atoms with van der Waals surface area (Å²) in [6.45, 7) is 4.69. The number of phenols is 2. The number of amides is 8. The van der Waals surface area contributed by atoms with Crippen molar-refractivity contribution in [1.29, 1.82) is 0 Å². The maximum absolute atomic E-state index is 14.2. The molecule has 1 aliphatic heterocycles. The number of nitrogens with one attached hydrogen (secondary N) is 6. The molecule has 0 aromatic heterocycles. The molecule has 400 valence electrons. The second kappa shape index (κ2) is 29.3. The summed E-state index contributed by atoms with van der Waals surface area (Å²) in [5.41, 5.74) is 0.512. The lowest BCUT2D eigenvalue weighted by Crippen LogP contribution is -2.57. The van der Waals surface area contributed by atoms with Crippen LogP contribution in [0, 0.1) is 0 Å². The van der Waals surface area contributed by atoms with Crippen LogP contribution in [0.4, 0.5) is 0 Å². The highest BCUT2D eigenvalue weighted by Crippen LogP contribution is 2.38. The number of carbonyl (C=O) groups is 8. The van der Waals surface area contributed by atoms with Crippen molar-refractivity contribution >= 4 is 57.3 Å². The summed E-state index contributed by atoms with van der Waals surface area (Å²) in [7, 11) is -1.32. The molecule has 21 nitrogen and oxygen atoms in total. The first-order valence-electron chi connectivity index (χ1n) is 24.8. The van der Waals surface area contributed by atoms with Crippen molar-refractivity contribution in [3.8, 4) is 22.6 Å². The number of unbranched alkanes of at least 4 members (excludes halogenated alkanes) is 12. The molecular weight excluding hydrogens is 953 g/mol. The third-order valence-electron chi connectivity index (χ3n) is 12.6. The smallest absolute Gasteiger partial charge is 0.255 e. The summed E-state index contributed by atoms with van der Waals surface area (Å²) < 4.78 is 25.0. The summed E-state index contributed by atoms with van der Waals surface area (Å²) in [6.07, 6.45) is 15.6. The van der Waals surface area contributed by atoms with Crippen molar-refractivity contribution in [2.45, 2.75) is 160 Å². The molecule has 0 unspecified atom stereocenters. The molecule has 22 heteroatoms. The van der Waals surface area contributed by atoms with E-state index in [1.807, 2.05) is 0 Å². The molecule has 0 radical (unpaired) electrons. The molecule has 4 bridgehead atoms. The van der Waals surface area contributed by atoms with E-state index in [9.17, 15) is 62.1 Å². The lowest BCUT2D eigenvalue weighted by Gasteiger charge is -2.30. The van der Waals surface area contributed by atoms with Gasteiger partial charge in [0.1, 0.15) is 47.8 Å². The minimum absolute atomic E-state index is 0.0118. The van der Waals surface area contributed by atoms with E-state index in [0.717, 1.165) is 41.7 Å². The minimum Gasteiger partial charge on any atom is -0.507 e. The van der Waals surface area contributed by atoms with Crippen LogP contribution in [-0.4, -0.2) is 145 Å². The number of likely N-dealkylation sites (N-methyl/N-ethyl adjacent to an activating group) is 2. The second-order valence-corrected chi connectivity index (χ2v) is 20.4. The Morgan fingerprint density at radius 1 is 0.722 bits per heavy atom. The Kier molecular flexibility index (Phi) is 24.4. The van der Waals surface area contributed by atoms with E-state index < -0.39 is 101 Å². The summed E-state index contributed by atoms with van der Waals surface area (Å²) in [4.78, 5) is 109. The zero-order valence-electron chi connectivity index (χ0n) is 42.7. The van der Waals surface area contributed by atoms with E-state index >= 15 is 0 Å². The van der Waals surface area contributed by atoms with E-state index in [0.29, 0.717) is 12.0 Å². The molecular formula is C50H76N8O13S. The number of rotatable bonds is 26. The topological polar surface area (TPSA) is 310 Å². The van der Waals surface area contributed by atoms with Crippen molar-refractivity contribution < 1.29 is 62.1 Å². The van der Waals surface area contributed by atoms with Crippen molar-refractivity contribution in [2.24, 2.45) is 0 Å². The second-order valence-electron chi connectivity index (χ2n) is 18.6. The van der Waals surface area contributed by atoms with Gasteiger partial charge in [0, 0.05) is 38.1 Å². The van der Waals surface area contributed by atoms with Crippen LogP contribution in [0.1, 0.15) is 135 Å². The number of aromatic hydroxyl groups is 2. The zero-order valence-corrected chi connectivity index (χ0v) is 43.5. The highest BCUT2D eigenvalue weighted by atomic mass is 32.2. The third-order valence-corrected chi connectivity index (χ3v) is 13.1. The maximum Gasteiger partial charge on any atom is 0.255 e. The number of carbonyl (C=O) groups excluding carboxylic acids is 8. The monoisotopic (exact) mass is 1030 g/mol. The fourth-order valence-electron chi connectivity index (χ4n) is 8.15. The van der Waals surface area contributed by atoms with Gasteiger partial charge in [-0.3, -0.25) is 43.1 Å². The number of phenolic OH excluding ortho intramolecular Hbond substituents is 2. The highest BCUT2D eigenvalue weighted by Gasteiger charge is 2.35. The Morgan fingerprint density at radius 3 is 1.83 bits per heavy atom. The number of aliphatic hydroxyl groups excluding tert-OH is 1. The quantitative estimate of drug-likeness (QED) is 0.0612. The fraction of sp³-hybridized carbons (Fsp3) is 0.600. The molecule has 9 N–H and O–H groups in total. The molecule has 6 atom stereocenters. The van der Waals surface area contributed by atoms with E-state index in [1.165, 1.54) is 123 Å². The molecule has 3 rings (SSSR count). The summed E-state index contributed by atoms with van der Waals surface area (Å²) in [5.74, 6) is -7.17. The molecule has 0 fully saturated rings. The largest absolute Gasteiger partial charge is 0.507 e. The summed E-state index contributed by atoms with van der Waals surface area (Å²) in [6, 6.07) is -0.163. The van der Waals surface area contributed by atoms with Crippen LogP contribution in [0.15, 0.2) is 36.4 Å². The van der Waals surface area contributed by atoms with Crippen molar-refractivity contribution in [3.05, 3.63) is 47.5 Å². The summed E-state index contributed by atoms with van der Waals surface area (Å²) in [5, 5.41) is 44.4. The molecule has 1 heterocycles. The maximum atomic E-state index is 14.2. The van der Waals surface area contributed by atoms with Crippen molar-refractivity contribution in [2.75, 3.05) is 33.5 Å². The van der Waals surface area contributed by atoms with Crippen LogP contribution in [-0.2, 0) is 54.8 Å². The molecule has 8 amide bonds. The standard InChI is InChI=1S/C50H76N8O13S/c1-8-9-10-11-12-13-14-15-16-17-18-19-20-21-42(62)57(5)39(30-59)49(68)53-31(2)45(64)51-29-43(63)58(6)44-35-23-25-41(61)37(28-35)36-26-34(22-24-40(36)60)27-38(55-46(65)32(3)54-50(44)69)48(67)52-33(4)47(66)56-72(7,70)71/h22-26,28,31-33,38-39,44,59-61H,8-21,27,29-30H2,1-7H3,(H,51,64)(H,52,67)(H,53,68)(H,54,69)(H,55,65)(H,56,66)/t31-,32+,33+,38+,39-,44+/m1/s1. The van der Waals surface area contributed by atoms with Gasteiger partial charge < -0.3 is 51.7 Å². The number of hydrogen-bond donors (Lipinski definition) is 9. The highest BCUT2D eigenvalue weighted by molar-refractivity contribution is 7.89. The molecule has 0 saturated heterocycles. The Bertz CT molecular complexity index is 2330. The molecule has 0 aliphatic carbocycles. The van der Waals surface area contributed by atoms with Crippen LogP contribution in [0.5, 0.6) is 11.5 Å². The Labute approximate surface area is 423 Å². The van der Waals surface area contributed by atoms with E-state index in [4.69, 9.17) is 0 Å². The average Bonchev–Trinajstić information content (AvgIpc) is 3.32.